The van der Waals surface area contributed by atoms with Crippen molar-refractivity contribution < 1.29 is 0 Å². The minimum atomic E-state index is 0.553. The van der Waals surface area contributed by atoms with Gasteiger partial charge < -0.3 is 0 Å². The van der Waals surface area contributed by atoms with E-state index in [0.29, 0.717) is 11.6 Å². The van der Waals surface area contributed by atoms with Crippen LogP contribution >= 0.6 is 11.6 Å². The molecule has 0 N–H and O–H groups in total. The van der Waals surface area contributed by atoms with Gasteiger partial charge in [-0.3, -0.25) is 0 Å². The zero-order valence-corrected chi connectivity index (χ0v) is 25.7. The zero-order chi connectivity index (χ0) is 30.4. The molecule has 1 nitrogen and oxygen atoms in total. The van der Waals surface area contributed by atoms with Gasteiger partial charge in [-0.05, 0) is 73.2 Å². The SMILES string of the molecule is Clc1ncc(Cc2ccccc2-c2ccc(-c3ccccc3)cc2)cc1Cc1ccccc1-c1ccc(-c2ccccc2)cc1. The first-order chi connectivity index (χ1) is 22.2. The second-order valence-corrected chi connectivity index (χ2v) is 11.7. The summed E-state index contributed by atoms with van der Waals surface area (Å²) in [5.41, 5.74) is 14.4. The molecule has 0 unspecified atom stereocenters. The highest BCUT2D eigenvalue weighted by Gasteiger charge is 2.12. The molecule has 216 valence electrons. The Morgan fingerprint density at radius 2 is 0.778 bits per heavy atom. The van der Waals surface area contributed by atoms with E-state index in [1.165, 1.54) is 55.6 Å². The van der Waals surface area contributed by atoms with Gasteiger partial charge in [-0.1, -0.05) is 175 Å². The second kappa shape index (κ2) is 13.2. The fraction of sp³-hybridized carbons (Fsp3) is 0.0465. The predicted octanol–water partition coefficient (Wildman–Crippen LogP) is 11.6. The minimum absolute atomic E-state index is 0.553. The lowest BCUT2D eigenvalue weighted by Crippen LogP contribution is -1.99. The first-order valence-corrected chi connectivity index (χ1v) is 15.7. The van der Waals surface area contributed by atoms with Gasteiger partial charge in [0.15, 0.2) is 0 Å². The first kappa shape index (κ1) is 28.5. The van der Waals surface area contributed by atoms with Crippen molar-refractivity contribution in [2.24, 2.45) is 0 Å². The van der Waals surface area contributed by atoms with E-state index >= 15 is 0 Å². The van der Waals surface area contributed by atoms with Gasteiger partial charge in [0.1, 0.15) is 5.15 Å². The quantitative estimate of drug-likeness (QED) is 0.159. The summed E-state index contributed by atoms with van der Waals surface area (Å²) < 4.78 is 0. The molecule has 0 radical (unpaired) electrons. The maximum absolute atomic E-state index is 6.72. The van der Waals surface area contributed by atoms with Crippen LogP contribution in [0.5, 0.6) is 0 Å². The van der Waals surface area contributed by atoms with Gasteiger partial charge in [-0.15, -0.1) is 0 Å². The van der Waals surface area contributed by atoms with Crippen LogP contribution < -0.4 is 0 Å². The third-order valence-corrected chi connectivity index (χ3v) is 8.72. The number of aromatic nitrogens is 1. The molecule has 6 aromatic carbocycles. The van der Waals surface area contributed by atoms with E-state index in [9.17, 15) is 0 Å². The summed E-state index contributed by atoms with van der Waals surface area (Å²) in [7, 11) is 0. The molecule has 1 heterocycles. The van der Waals surface area contributed by atoms with Gasteiger partial charge in [-0.2, -0.15) is 0 Å². The van der Waals surface area contributed by atoms with E-state index in [0.717, 1.165) is 17.5 Å². The molecule has 0 bridgehead atoms. The summed E-state index contributed by atoms with van der Waals surface area (Å²) in [5.74, 6) is 0. The molecule has 45 heavy (non-hydrogen) atoms. The van der Waals surface area contributed by atoms with Gasteiger partial charge in [-0.25, -0.2) is 4.98 Å². The monoisotopic (exact) mass is 597 g/mol. The van der Waals surface area contributed by atoms with Crippen LogP contribution in [0.4, 0.5) is 0 Å². The molecule has 0 spiro atoms. The lowest BCUT2D eigenvalue weighted by molar-refractivity contribution is 1.09. The average Bonchev–Trinajstić information content (AvgIpc) is 3.11. The maximum Gasteiger partial charge on any atom is 0.132 e. The van der Waals surface area contributed by atoms with Crippen LogP contribution in [-0.4, -0.2) is 4.98 Å². The number of hydrogen-bond acceptors (Lipinski definition) is 1. The molecule has 7 aromatic rings. The van der Waals surface area contributed by atoms with Crippen LogP contribution in [0.3, 0.4) is 0 Å². The van der Waals surface area contributed by atoms with Gasteiger partial charge in [0.25, 0.3) is 0 Å². The van der Waals surface area contributed by atoms with E-state index in [-0.39, 0.29) is 0 Å². The van der Waals surface area contributed by atoms with Crippen LogP contribution in [0.15, 0.2) is 170 Å². The summed E-state index contributed by atoms with van der Waals surface area (Å²) in [4.78, 5) is 4.63. The Balaban J connectivity index is 1.13. The largest absolute Gasteiger partial charge is 0.244 e. The molecule has 7 rings (SSSR count). The highest BCUT2D eigenvalue weighted by atomic mass is 35.5. The van der Waals surface area contributed by atoms with Crippen molar-refractivity contribution in [3.8, 4) is 44.5 Å². The fourth-order valence-corrected chi connectivity index (χ4v) is 6.22. The molecule has 0 saturated carbocycles. The number of pyridine rings is 1. The van der Waals surface area contributed by atoms with Crippen molar-refractivity contribution >= 4 is 11.6 Å². The molecular formula is C43H32ClN. The summed E-state index contributed by atoms with van der Waals surface area (Å²) in [6.07, 6.45) is 3.39. The minimum Gasteiger partial charge on any atom is -0.244 e. The Kier molecular flexibility index (Phi) is 8.35. The third-order valence-electron chi connectivity index (χ3n) is 8.38. The lowest BCUT2D eigenvalue weighted by atomic mass is 9.92. The van der Waals surface area contributed by atoms with Crippen LogP contribution in [0.2, 0.25) is 5.15 Å². The normalized spacial score (nSPS) is 11.0. The zero-order valence-electron chi connectivity index (χ0n) is 24.9. The summed E-state index contributed by atoms with van der Waals surface area (Å²) in [6.45, 7) is 0. The Bertz CT molecular complexity index is 2030. The average molecular weight is 598 g/mol. The van der Waals surface area contributed by atoms with Crippen LogP contribution in [0.1, 0.15) is 22.3 Å². The summed E-state index contributed by atoms with van der Waals surface area (Å²) in [6, 6.07) is 58.1. The molecule has 0 fully saturated rings. The van der Waals surface area contributed by atoms with Gasteiger partial charge in [0, 0.05) is 12.6 Å². The van der Waals surface area contributed by atoms with E-state index in [1.54, 1.807) is 0 Å². The van der Waals surface area contributed by atoms with E-state index in [2.05, 4.69) is 163 Å². The van der Waals surface area contributed by atoms with Crippen LogP contribution in [0.25, 0.3) is 44.5 Å². The third kappa shape index (κ3) is 6.50. The van der Waals surface area contributed by atoms with Gasteiger partial charge in [0.05, 0.1) is 0 Å². The Labute approximate surface area is 270 Å². The molecule has 2 heteroatoms. The predicted molar refractivity (Wildman–Crippen MR) is 189 cm³/mol. The first-order valence-electron chi connectivity index (χ1n) is 15.3. The molecule has 0 aliphatic carbocycles. The number of rotatable bonds is 8. The van der Waals surface area contributed by atoms with E-state index < -0.39 is 0 Å². The highest BCUT2D eigenvalue weighted by molar-refractivity contribution is 6.30. The van der Waals surface area contributed by atoms with Crippen molar-refractivity contribution in [1.82, 2.24) is 4.98 Å². The van der Waals surface area contributed by atoms with Gasteiger partial charge in [0.2, 0.25) is 0 Å². The Morgan fingerprint density at radius 1 is 0.378 bits per heavy atom. The maximum atomic E-state index is 6.72. The van der Waals surface area contributed by atoms with Crippen molar-refractivity contribution in [2.45, 2.75) is 12.8 Å². The van der Waals surface area contributed by atoms with Gasteiger partial charge >= 0.3 is 0 Å². The number of nitrogens with zero attached hydrogens (tertiary/aromatic N) is 1. The molecule has 0 amide bonds. The van der Waals surface area contributed by atoms with E-state index in [1.807, 2.05) is 12.3 Å². The smallest absolute Gasteiger partial charge is 0.132 e. The summed E-state index contributed by atoms with van der Waals surface area (Å²) in [5, 5.41) is 0.553. The topological polar surface area (TPSA) is 12.9 Å². The standard InChI is InChI=1S/C43H32ClN/c44-43-40(29-39-16-8-10-18-42(39)37-25-21-35(22-26-37)33-13-5-2-6-14-33)28-31(30-45-43)27-38-15-7-9-17-41(38)36-23-19-34(20-24-36)32-11-3-1-4-12-32/h1-26,28,30H,27,29H2. The molecule has 0 aliphatic rings. The second-order valence-electron chi connectivity index (χ2n) is 11.3. The van der Waals surface area contributed by atoms with Crippen LogP contribution in [0, 0.1) is 0 Å². The number of hydrogen-bond donors (Lipinski definition) is 0. The number of benzene rings is 6. The summed E-state index contributed by atoms with van der Waals surface area (Å²) >= 11 is 6.72. The molecular weight excluding hydrogens is 566 g/mol. The Hall–Kier alpha value is -5.24. The molecule has 0 atom stereocenters. The lowest BCUT2D eigenvalue weighted by Gasteiger charge is -2.14. The Morgan fingerprint density at radius 3 is 1.29 bits per heavy atom. The molecule has 0 saturated heterocycles. The van der Waals surface area contributed by atoms with Crippen LogP contribution in [-0.2, 0) is 12.8 Å². The van der Waals surface area contributed by atoms with Crippen molar-refractivity contribution in [3.05, 3.63) is 197 Å². The fourth-order valence-electron chi connectivity index (χ4n) is 6.05. The van der Waals surface area contributed by atoms with Crippen molar-refractivity contribution in [1.29, 1.82) is 0 Å². The van der Waals surface area contributed by atoms with Crippen molar-refractivity contribution in [2.75, 3.05) is 0 Å². The van der Waals surface area contributed by atoms with E-state index in [4.69, 9.17) is 11.6 Å². The van der Waals surface area contributed by atoms with Crippen molar-refractivity contribution in [3.63, 3.8) is 0 Å². The molecule has 1 aromatic heterocycles. The molecule has 0 aliphatic heterocycles. The number of halogens is 1. The highest BCUT2D eigenvalue weighted by Crippen LogP contribution is 2.32.